The topological polar surface area (TPSA) is 95.5 Å². The zero-order valence-corrected chi connectivity index (χ0v) is 12.5. The number of anilines is 1. The van der Waals surface area contributed by atoms with Gasteiger partial charge in [0, 0.05) is 31.3 Å². The van der Waals surface area contributed by atoms with Crippen LogP contribution < -0.4 is 10.6 Å². The highest BCUT2D eigenvalue weighted by Gasteiger charge is 2.25. The van der Waals surface area contributed by atoms with E-state index in [0.29, 0.717) is 18.7 Å². The van der Waals surface area contributed by atoms with E-state index in [2.05, 4.69) is 10.6 Å². The summed E-state index contributed by atoms with van der Waals surface area (Å²) in [5.74, 6) is -0.0627. The number of hydrogen-bond donors (Lipinski definition) is 3. The van der Waals surface area contributed by atoms with E-state index in [1.807, 2.05) is 12.1 Å². The number of hydrogen-bond acceptors (Lipinski definition) is 5. The molecule has 1 fully saturated rings. The predicted molar refractivity (Wildman–Crippen MR) is 80.9 cm³/mol. The van der Waals surface area contributed by atoms with Gasteiger partial charge in [-0.25, -0.2) is 8.42 Å². The molecule has 0 bridgehead atoms. The summed E-state index contributed by atoms with van der Waals surface area (Å²) >= 11 is 0. The molecule has 116 valence electrons. The van der Waals surface area contributed by atoms with Gasteiger partial charge in [0.25, 0.3) is 0 Å². The predicted octanol–water partition coefficient (Wildman–Crippen LogP) is -0.0634. The third-order valence-corrected chi connectivity index (χ3v) is 5.11. The zero-order valence-electron chi connectivity index (χ0n) is 11.7. The number of rotatable bonds is 5. The minimum absolute atomic E-state index is 0.00978. The molecule has 0 aromatic heterocycles. The Morgan fingerprint density at radius 1 is 1.33 bits per heavy atom. The Hall–Kier alpha value is -1.44. The Balaban J connectivity index is 1.86. The minimum Gasteiger partial charge on any atom is -0.396 e. The van der Waals surface area contributed by atoms with Gasteiger partial charge in [-0.1, -0.05) is 12.1 Å². The molecule has 1 amide bonds. The van der Waals surface area contributed by atoms with Gasteiger partial charge in [0.05, 0.1) is 11.5 Å². The Bertz CT molecular complexity index is 583. The van der Waals surface area contributed by atoms with Crippen LogP contribution in [0.4, 0.5) is 5.69 Å². The first-order valence-electron chi connectivity index (χ1n) is 6.92. The van der Waals surface area contributed by atoms with Gasteiger partial charge < -0.3 is 15.7 Å². The van der Waals surface area contributed by atoms with Crippen LogP contribution in [0.2, 0.25) is 0 Å². The van der Waals surface area contributed by atoms with Crippen molar-refractivity contribution in [2.24, 2.45) is 0 Å². The Morgan fingerprint density at radius 2 is 2.05 bits per heavy atom. The molecule has 1 unspecified atom stereocenters. The summed E-state index contributed by atoms with van der Waals surface area (Å²) in [5, 5.41) is 14.6. The number of carbonyl (C=O) groups is 1. The SMILES string of the molecule is O=C(CC1CS(=O)(=O)CCN1)Nc1ccc(CCO)cc1. The molecule has 0 saturated carbocycles. The molecule has 1 aromatic carbocycles. The zero-order chi connectivity index (χ0) is 15.3. The fourth-order valence-corrected chi connectivity index (χ4v) is 3.76. The van der Waals surface area contributed by atoms with Gasteiger partial charge in [-0.15, -0.1) is 0 Å². The standard InChI is InChI=1S/C14H20N2O4S/c17-7-5-11-1-3-12(4-2-11)16-14(18)9-13-10-21(19,20)8-6-15-13/h1-4,13,15,17H,5-10H2,(H,16,18). The monoisotopic (exact) mass is 312 g/mol. The molecule has 6 nitrogen and oxygen atoms in total. The van der Waals surface area contributed by atoms with Crippen molar-refractivity contribution in [2.45, 2.75) is 18.9 Å². The van der Waals surface area contributed by atoms with Gasteiger partial charge in [0.1, 0.15) is 0 Å². The smallest absolute Gasteiger partial charge is 0.225 e. The molecule has 0 radical (unpaired) electrons. The van der Waals surface area contributed by atoms with Gasteiger partial charge in [-0.05, 0) is 24.1 Å². The third-order valence-electron chi connectivity index (χ3n) is 3.37. The van der Waals surface area contributed by atoms with Crippen LogP contribution in [0.3, 0.4) is 0 Å². The minimum atomic E-state index is -3.03. The van der Waals surface area contributed by atoms with Crippen LogP contribution >= 0.6 is 0 Å². The van der Waals surface area contributed by atoms with E-state index in [1.54, 1.807) is 12.1 Å². The highest BCUT2D eigenvalue weighted by atomic mass is 32.2. The lowest BCUT2D eigenvalue weighted by atomic mass is 10.1. The van der Waals surface area contributed by atoms with Crippen LogP contribution in [-0.2, 0) is 21.1 Å². The van der Waals surface area contributed by atoms with Crippen molar-refractivity contribution < 1.29 is 18.3 Å². The second-order valence-electron chi connectivity index (χ2n) is 5.19. The van der Waals surface area contributed by atoms with Gasteiger partial charge >= 0.3 is 0 Å². The molecular weight excluding hydrogens is 292 g/mol. The average molecular weight is 312 g/mol. The lowest BCUT2D eigenvalue weighted by Gasteiger charge is -2.23. The van der Waals surface area contributed by atoms with Gasteiger partial charge in [0.2, 0.25) is 5.91 Å². The first-order valence-corrected chi connectivity index (χ1v) is 8.74. The van der Waals surface area contributed by atoms with Crippen LogP contribution in [-0.4, -0.2) is 50.1 Å². The van der Waals surface area contributed by atoms with E-state index in [1.165, 1.54) is 0 Å². The molecule has 3 N–H and O–H groups in total. The maximum Gasteiger partial charge on any atom is 0.225 e. The summed E-state index contributed by atoms with van der Waals surface area (Å²) in [6, 6.07) is 6.91. The summed E-state index contributed by atoms with van der Waals surface area (Å²) in [5.41, 5.74) is 1.66. The largest absolute Gasteiger partial charge is 0.396 e. The van der Waals surface area contributed by atoms with Crippen molar-refractivity contribution >= 4 is 21.4 Å². The third kappa shape index (κ3) is 5.11. The van der Waals surface area contributed by atoms with E-state index in [0.717, 1.165) is 5.56 Å². The van der Waals surface area contributed by atoms with E-state index in [9.17, 15) is 13.2 Å². The highest BCUT2D eigenvalue weighted by Crippen LogP contribution is 2.12. The molecule has 1 saturated heterocycles. The Morgan fingerprint density at radius 3 is 2.67 bits per heavy atom. The molecule has 0 aliphatic carbocycles. The Kier molecular flexibility index (Phi) is 5.33. The fraction of sp³-hybridized carbons (Fsp3) is 0.500. The second-order valence-corrected chi connectivity index (χ2v) is 7.42. The second kappa shape index (κ2) is 7.02. The quantitative estimate of drug-likeness (QED) is 0.708. The first-order chi connectivity index (χ1) is 9.98. The fourth-order valence-electron chi connectivity index (χ4n) is 2.32. The maximum atomic E-state index is 11.9. The van der Waals surface area contributed by atoms with Crippen molar-refractivity contribution in [3.63, 3.8) is 0 Å². The molecular formula is C14H20N2O4S. The normalized spacial score (nSPS) is 20.9. The lowest BCUT2D eigenvalue weighted by Crippen LogP contribution is -2.46. The number of amides is 1. The van der Waals surface area contributed by atoms with Crippen LogP contribution in [0.25, 0.3) is 0 Å². The van der Waals surface area contributed by atoms with Crippen molar-refractivity contribution in [3.05, 3.63) is 29.8 Å². The number of nitrogens with one attached hydrogen (secondary N) is 2. The number of aliphatic hydroxyl groups excluding tert-OH is 1. The number of carbonyl (C=O) groups excluding carboxylic acids is 1. The molecule has 21 heavy (non-hydrogen) atoms. The van der Waals surface area contributed by atoms with Gasteiger partial charge in [-0.2, -0.15) is 0 Å². The molecule has 1 aliphatic heterocycles. The van der Waals surface area contributed by atoms with Crippen molar-refractivity contribution in [3.8, 4) is 0 Å². The number of aliphatic hydroxyl groups is 1. The molecule has 1 aromatic rings. The number of sulfone groups is 1. The Labute approximate surface area is 124 Å². The summed E-state index contributed by atoms with van der Waals surface area (Å²) in [4.78, 5) is 11.9. The summed E-state index contributed by atoms with van der Waals surface area (Å²) in [7, 11) is -3.03. The van der Waals surface area contributed by atoms with Gasteiger partial charge in [0.15, 0.2) is 9.84 Å². The molecule has 1 heterocycles. The van der Waals surface area contributed by atoms with Crippen LogP contribution in [0.5, 0.6) is 0 Å². The van der Waals surface area contributed by atoms with Crippen LogP contribution in [0.15, 0.2) is 24.3 Å². The van der Waals surface area contributed by atoms with Crippen LogP contribution in [0.1, 0.15) is 12.0 Å². The average Bonchev–Trinajstić information content (AvgIpc) is 2.40. The van der Waals surface area contributed by atoms with Crippen molar-refractivity contribution in [1.82, 2.24) is 5.32 Å². The van der Waals surface area contributed by atoms with E-state index >= 15 is 0 Å². The molecule has 7 heteroatoms. The van der Waals surface area contributed by atoms with E-state index in [-0.39, 0.29) is 36.5 Å². The summed E-state index contributed by atoms with van der Waals surface area (Å²) < 4.78 is 23.0. The van der Waals surface area contributed by atoms with E-state index in [4.69, 9.17) is 5.11 Å². The molecule has 1 aliphatic rings. The summed E-state index contributed by atoms with van der Waals surface area (Å²) in [6.07, 6.45) is 0.718. The molecule has 0 spiro atoms. The molecule has 2 rings (SSSR count). The van der Waals surface area contributed by atoms with Crippen LogP contribution in [0, 0.1) is 0 Å². The first kappa shape index (κ1) is 15.9. The van der Waals surface area contributed by atoms with E-state index < -0.39 is 9.84 Å². The summed E-state index contributed by atoms with van der Waals surface area (Å²) in [6.45, 7) is 0.490. The lowest BCUT2D eigenvalue weighted by molar-refractivity contribution is -0.116. The van der Waals surface area contributed by atoms with Crippen molar-refractivity contribution in [2.75, 3.05) is 30.0 Å². The molecule has 1 atom stereocenters. The van der Waals surface area contributed by atoms with Crippen molar-refractivity contribution in [1.29, 1.82) is 0 Å². The maximum absolute atomic E-state index is 11.9. The van der Waals surface area contributed by atoms with Gasteiger partial charge in [-0.3, -0.25) is 4.79 Å². The number of benzene rings is 1. The highest BCUT2D eigenvalue weighted by molar-refractivity contribution is 7.91.